The molecule has 3 aromatic rings. The molecule has 10 nitrogen and oxygen atoms in total. The van der Waals surface area contributed by atoms with Crippen molar-refractivity contribution in [3.05, 3.63) is 67.0 Å². The molecule has 2 saturated heterocycles. The highest BCUT2D eigenvalue weighted by atomic mass is 32.2. The Morgan fingerprint density at radius 3 is 1.89 bits per heavy atom. The number of amides is 2. The molecule has 1 aromatic heterocycles. The van der Waals surface area contributed by atoms with E-state index in [4.69, 9.17) is 0 Å². The number of para-hydroxylation sites is 1. The van der Waals surface area contributed by atoms with E-state index in [-0.39, 0.29) is 35.2 Å². The number of nitrogens with one attached hydrogen (secondary N) is 1. The maximum Gasteiger partial charge on any atom is 0.261 e. The van der Waals surface area contributed by atoms with E-state index < -0.39 is 10.0 Å². The van der Waals surface area contributed by atoms with Crippen LogP contribution in [-0.4, -0.2) is 56.4 Å². The van der Waals surface area contributed by atoms with Gasteiger partial charge in [0.1, 0.15) is 0 Å². The van der Waals surface area contributed by atoms with E-state index in [0.29, 0.717) is 11.6 Å². The van der Waals surface area contributed by atoms with E-state index in [1.54, 1.807) is 0 Å². The topological polar surface area (TPSA) is 116 Å². The summed E-state index contributed by atoms with van der Waals surface area (Å²) in [6, 6.07) is 15.8. The van der Waals surface area contributed by atoms with Gasteiger partial charge in [0.25, 0.3) is 10.0 Å². The summed E-state index contributed by atoms with van der Waals surface area (Å²) >= 11 is 0. The predicted octanol–water partition coefficient (Wildman–Crippen LogP) is 2.26. The number of imide groups is 1. The molecule has 180 valence electrons. The quantitative estimate of drug-likeness (QED) is 0.521. The lowest BCUT2D eigenvalue weighted by molar-refractivity contribution is -0.121. The van der Waals surface area contributed by atoms with E-state index >= 15 is 0 Å². The Kier molecular flexibility index (Phi) is 6.08. The second-order valence-electron chi connectivity index (χ2n) is 8.30. The van der Waals surface area contributed by atoms with Crippen LogP contribution in [0.3, 0.4) is 0 Å². The number of hydrogen-bond donors (Lipinski definition) is 1. The van der Waals surface area contributed by atoms with Crippen molar-refractivity contribution in [1.82, 2.24) is 9.97 Å². The number of aromatic nitrogens is 2. The first-order valence-corrected chi connectivity index (χ1v) is 12.7. The molecule has 5 rings (SSSR count). The number of carbonyl (C=O) groups excluding carboxylic acids is 2. The van der Waals surface area contributed by atoms with Crippen molar-refractivity contribution in [2.24, 2.45) is 0 Å². The van der Waals surface area contributed by atoms with Crippen molar-refractivity contribution in [1.29, 1.82) is 0 Å². The van der Waals surface area contributed by atoms with Gasteiger partial charge in [-0.25, -0.2) is 18.4 Å². The molecule has 2 aromatic carbocycles. The lowest BCUT2D eigenvalue weighted by atomic mass is 10.2. The number of hydrogen-bond acceptors (Lipinski definition) is 8. The highest BCUT2D eigenvalue weighted by Crippen LogP contribution is 2.25. The van der Waals surface area contributed by atoms with Crippen molar-refractivity contribution in [3.63, 3.8) is 0 Å². The number of carbonyl (C=O) groups is 2. The molecule has 0 saturated carbocycles. The van der Waals surface area contributed by atoms with Gasteiger partial charge in [-0.1, -0.05) is 18.2 Å². The average Bonchev–Trinajstić information content (AvgIpc) is 3.22. The molecule has 35 heavy (non-hydrogen) atoms. The summed E-state index contributed by atoms with van der Waals surface area (Å²) in [5, 5.41) is 0. The van der Waals surface area contributed by atoms with Crippen molar-refractivity contribution in [2.45, 2.75) is 17.7 Å². The Bertz CT molecular complexity index is 1310. The first kappa shape index (κ1) is 22.8. The van der Waals surface area contributed by atoms with Gasteiger partial charge >= 0.3 is 0 Å². The Labute approximate surface area is 203 Å². The third-order valence-electron chi connectivity index (χ3n) is 6.03. The summed E-state index contributed by atoms with van der Waals surface area (Å²) in [5.41, 5.74) is 1.78. The first-order valence-electron chi connectivity index (χ1n) is 11.3. The van der Waals surface area contributed by atoms with Crippen molar-refractivity contribution < 1.29 is 18.0 Å². The normalized spacial score (nSPS) is 16.6. The number of benzene rings is 2. The third kappa shape index (κ3) is 4.80. The van der Waals surface area contributed by atoms with Crippen LogP contribution in [0.4, 0.5) is 23.0 Å². The van der Waals surface area contributed by atoms with Gasteiger partial charge in [0.05, 0.1) is 28.7 Å². The number of rotatable bonds is 6. The van der Waals surface area contributed by atoms with Crippen LogP contribution in [0.25, 0.3) is 0 Å². The summed E-state index contributed by atoms with van der Waals surface area (Å²) < 4.78 is 28.1. The molecular weight excluding hydrogens is 468 g/mol. The fourth-order valence-electron chi connectivity index (χ4n) is 4.19. The maximum atomic E-state index is 12.8. The number of sulfonamides is 1. The SMILES string of the molecule is O=C1CCC(=O)N1c1ccc(S(=O)(=O)Nc2cnc(N3CCN(c4ccccc4)CC3)nc2)cc1. The second kappa shape index (κ2) is 9.34. The molecule has 2 aliphatic heterocycles. The van der Waals surface area contributed by atoms with Crippen LogP contribution in [0.5, 0.6) is 0 Å². The summed E-state index contributed by atoms with van der Waals surface area (Å²) in [5.74, 6) is -0.0325. The van der Waals surface area contributed by atoms with Crippen LogP contribution >= 0.6 is 0 Å². The lowest BCUT2D eigenvalue weighted by Crippen LogP contribution is -2.47. The van der Waals surface area contributed by atoms with Gasteiger partial charge in [0, 0.05) is 44.7 Å². The fraction of sp³-hybridized carbons (Fsp3) is 0.250. The van der Waals surface area contributed by atoms with Crippen LogP contribution in [0.1, 0.15) is 12.8 Å². The van der Waals surface area contributed by atoms with Gasteiger partial charge in [-0.05, 0) is 36.4 Å². The molecule has 3 heterocycles. The minimum atomic E-state index is -3.89. The number of piperazine rings is 1. The van der Waals surface area contributed by atoms with E-state index in [0.717, 1.165) is 31.1 Å². The molecule has 0 aliphatic carbocycles. The van der Waals surface area contributed by atoms with E-state index in [1.807, 2.05) is 18.2 Å². The zero-order chi connectivity index (χ0) is 24.4. The van der Waals surface area contributed by atoms with Gasteiger partial charge < -0.3 is 9.80 Å². The van der Waals surface area contributed by atoms with Gasteiger partial charge in [0.2, 0.25) is 17.8 Å². The fourth-order valence-corrected chi connectivity index (χ4v) is 5.22. The molecule has 11 heteroatoms. The van der Waals surface area contributed by atoms with Gasteiger partial charge in [0.15, 0.2) is 0 Å². The number of nitrogens with zero attached hydrogens (tertiary/aromatic N) is 5. The molecule has 0 atom stereocenters. The standard InChI is InChI=1S/C24H24N6O4S/c31-22-10-11-23(32)30(22)20-6-8-21(9-7-20)35(33,34)27-18-16-25-24(26-17-18)29-14-12-28(13-15-29)19-4-2-1-3-5-19/h1-9,16-17,27H,10-15H2. The zero-order valence-electron chi connectivity index (χ0n) is 18.9. The Balaban J connectivity index is 1.21. The summed E-state index contributed by atoms with van der Waals surface area (Å²) in [4.78, 5) is 37.9. The van der Waals surface area contributed by atoms with Crippen molar-refractivity contribution in [3.8, 4) is 0 Å². The molecule has 2 amide bonds. The molecule has 1 N–H and O–H groups in total. The molecule has 0 spiro atoms. The highest BCUT2D eigenvalue weighted by Gasteiger charge is 2.30. The number of anilines is 4. The lowest BCUT2D eigenvalue weighted by Gasteiger charge is -2.36. The van der Waals surface area contributed by atoms with Gasteiger partial charge in [-0.2, -0.15) is 0 Å². The van der Waals surface area contributed by atoms with Gasteiger partial charge in [-0.3, -0.25) is 19.2 Å². The van der Waals surface area contributed by atoms with Crippen molar-refractivity contribution >= 4 is 44.8 Å². The van der Waals surface area contributed by atoms with Crippen LogP contribution in [0, 0.1) is 0 Å². The minimum Gasteiger partial charge on any atom is -0.368 e. The van der Waals surface area contributed by atoms with E-state index in [1.165, 1.54) is 42.3 Å². The largest absolute Gasteiger partial charge is 0.368 e. The second-order valence-corrected chi connectivity index (χ2v) is 9.99. The Morgan fingerprint density at radius 1 is 0.714 bits per heavy atom. The van der Waals surface area contributed by atoms with E-state index in [2.05, 4.69) is 36.6 Å². The Hall–Kier alpha value is -3.99. The van der Waals surface area contributed by atoms with Crippen molar-refractivity contribution in [2.75, 3.05) is 45.6 Å². The van der Waals surface area contributed by atoms with Crippen LogP contribution in [0.2, 0.25) is 0 Å². The predicted molar refractivity (Wildman–Crippen MR) is 132 cm³/mol. The van der Waals surface area contributed by atoms with Crippen LogP contribution < -0.4 is 19.4 Å². The Morgan fingerprint density at radius 2 is 1.29 bits per heavy atom. The highest BCUT2D eigenvalue weighted by molar-refractivity contribution is 7.92. The first-order chi connectivity index (χ1) is 16.9. The monoisotopic (exact) mass is 492 g/mol. The zero-order valence-corrected chi connectivity index (χ0v) is 19.7. The summed E-state index contributed by atoms with van der Waals surface area (Å²) in [6.45, 7) is 3.20. The molecule has 2 aliphatic rings. The summed E-state index contributed by atoms with van der Waals surface area (Å²) in [6.07, 6.45) is 3.22. The van der Waals surface area contributed by atoms with Crippen LogP contribution in [-0.2, 0) is 19.6 Å². The maximum absolute atomic E-state index is 12.8. The molecule has 0 bridgehead atoms. The molecule has 0 unspecified atom stereocenters. The molecule has 0 radical (unpaired) electrons. The smallest absolute Gasteiger partial charge is 0.261 e. The molecule has 2 fully saturated rings. The third-order valence-corrected chi connectivity index (χ3v) is 7.43. The average molecular weight is 493 g/mol. The van der Waals surface area contributed by atoms with E-state index in [9.17, 15) is 18.0 Å². The summed E-state index contributed by atoms with van der Waals surface area (Å²) in [7, 11) is -3.89. The minimum absolute atomic E-state index is 0.00135. The molecular formula is C24H24N6O4S. The van der Waals surface area contributed by atoms with Crippen LogP contribution in [0.15, 0.2) is 71.9 Å². The van der Waals surface area contributed by atoms with Gasteiger partial charge in [-0.15, -0.1) is 0 Å².